The SMILES string of the molecule is CCCCC(CC(Cc1ccccc1)S(=O)(=O)N1CCC(OCOC)CC1)C(N)=O. The van der Waals surface area contributed by atoms with E-state index in [1.807, 2.05) is 37.3 Å². The summed E-state index contributed by atoms with van der Waals surface area (Å²) in [5, 5.41) is -0.675. The highest BCUT2D eigenvalue weighted by Crippen LogP contribution is 2.27. The van der Waals surface area contributed by atoms with Crippen LogP contribution in [0.1, 0.15) is 51.0 Å². The molecule has 2 atom stereocenters. The number of carbonyl (C=O) groups excluding carboxylic acids is 1. The first kappa shape index (κ1) is 24.8. The summed E-state index contributed by atoms with van der Waals surface area (Å²) in [5.74, 6) is -0.848. The highest BCUT2D eigenvalue weighted by Gasteiger charge is 2.37. The number of nitrogens with two attached hydrogens (primary N) is 1. The molecule has 1 fully saturated rings. The van der Waals surface area contributed by atoms with Crippen molar-refractivity contribution in [2.75, 3.05) is 27.0 Å². The molecule has 170 valence electrons. The molecule has 0 radical (unpaired) electrons. The molecular weight excluding hydrogens is 404 g/mol. The average Bonchev–Trinajstić information content (AvgIpc) is 2.75. The Morgan fingerprint density at radius 1 is 1.23 bits per heavy atom. The van der Waals surface area contributed by atoms with Crippen LogP contribution in [0.2, 0.25) is 0 Å². The molecular formula is C22H36N2O5S. The number of sulfonamides is 1. The predicted molar refractivity (Wildman–Crippen MR) is 117 cm³/mol. The Balaban J connectivity index is 2.16. The Kier molecular flexibility index (Phi) is 10.2. The van der Waals surface area contributed by atoms with Crippen LogP contribution >= 0.6 is 0 Å². The van der Waals surface area contributed by atoms with E-state index in [1.54, 1.807) is 11.4 Å². The Hall–Kier alpha value is -1.48. The number of ether oxygens (including phenoxy) is 2. The summed E-state index contributed by atoms with van der Waals surface area (Å²) in [6.45, 7) is 3.09. The van der Waals surface area contributed by atoms with Crippen molar-refractivity contribution in [3.05, 3.63) is 35.9 Å². The number of amides is 1. The Bertz CT molecular complexity index is 733. The Labute approximate surface area is 181 Å². The van der Waals surface area contributed by atoms with Crippen LogP contribution in [-0.2, 0) is 30.7 Å². The van der Waals surface area contributed by atoms with E-state index in [0.717, 1.165) is 18.4 Å². The predicted octanol–water partition coefficient (Wildman–Crippen LogP) is 2.69. The van der Waals surface area contributed by atoms with Gasteiger partial charge < -0.3 is 15.2 Å². The number of benzene rings is 1. The molecule has 0 bridgehead atoms. The fraction of sp³-hybridized carbons (Fsp3) is 0.682. The van der Waals surface area contributed by atoms with Crippen LogP contribution in [0, 0.1) is 5.92 Å². The minimum absolute atomic E-state index is 0.00638. The summed E-state index contributed by atoms with van der Waals surface area (Å²) in [6, 6.07) is 9.57. The van der Waals surface area contributed by atoms with Gasteiger partial charge in [0.25, 0.3) is 0 Å². The molecule has 1 aromatic carbocycles. The summed E-state index contributed by atoms with van der Waals surface area (Å²) in [4.78, 5) is 12.0. The van der Waals surface area contributed by atoms with Gasteiger partial charge >= 0.3 is 0 Å². The minimum atomic E-state index is -3.58. The molecule has 1 amide bonds. The first-order valence-corrected chi connectivity index (χ1v) is 12.3. The molecule has 1 aromatic rings. The van der Waals surface area contributed by atoms with Crippen molar-refractivity contribution in [1.29, 1.82) is 0 Å². The highest BCUT2D eigenvalue weighted by atomic mass is 32.2. The molecule has 1 saturated heterocycles. The lowest BCUT2D eigenvalue weighted by Gasteiger charge is -2.34. The number of methoxy groups -OCH3 is 1. The van der Waals surface area contributed by atoms with Crippen LogP contribution in [0.5, 0.6) is 0 Å². The smallest absolute Gasteiger partial charge is 0.220 e. The second-order valence-electron chi connectivity index (χ2n) is 8.01. The third-order valence-corrected chi connectivity index (χ3v) is 8.05. The van der Waals surface area contributed by atoms with Crippen molar-refractivity contribution in [1.82, 2.24) is 4.31 Å². The van der Waals surface area contributed by atoms with Crippen LogP contribution in [-0.4, -0.2) is 57.0 Å². The topological polar surface area (TPSA) is 98.9 Å². The lowest BCUT2D eigenvalue weighted by Crippen LogP contribution is -2.46. The van der Waals surface area contributed by atoms with Gasteiger partial charge in [0.05, 0.1) is 11.4 Å². The van der Waals surface area contributed by atoms with Crippen molar-refractivity contribution < 1.29 is 22.7 Å². The van der Waals surface area contributed by atoms with E-state index in [-0.39, 0.29) is 19.3 Å². The highest BCUT2D eigenvalue weighted by molar-refractivity contribution is 7.89. The maximum absolute atomic E-state index is 13.6. The molecule has 2 unspecified atom stereocenters. The van der Waals surface area contributed by atoms with Crippen molar-refractivity contribution in [3.8, 4) is 0 Å². The fourth-order valence-corrected chi connectivity index (χ4v) is 5.98. The third kappa shape index (κ3) is 7.34. The minimum Gasteiger partial charge on any atom is -0.369 e. The zero-order chi connectivity index (χ0) is 22.0. The molecule has 0 aromatic heterocycles. The Morgan fingerprint density at radius 2 is 1.90 bits per heavy atom. The second-order valence-corrected chi connectivity index (χ2v) is 10.2. The monoisotopic (exact) mass is 440 g/mol. The molecule has 1 aliphatic rings. The molecule has 0 aliphatic carbocycles. The zero-order valence-corrected chi connectivity index (χ0v) is 19.0. The van der Waals surface area contributed by atoms with Crippen molar-refractivity contribution in [2.24, 2.45) is 11.7 Å². The quantitative estimate of drug-likeness (QED) is 0.476. The van der Waals surface area contributed by atoms with Gasteiger partial charge in [-0.3, -0.25) is 4.79 Å². The molecule has 0 spiro atoms. The van der Waals surface area contributed by atoms with Crippen molar-refractivity contribution in [3.63, 3.8) is 0 Å². The van der Waals surface area contributed by atoms with E-state index in [1.165, 1.54) is 0 Å². The van der Waals surface area contributed by atoms with E-state index in [2.05, 4.69) is 0 Å². The lowest BCUT2D eigenvalue weighted by atomic mass is 9.94. The lowest BCUT2D eigenvalue weighted by molar-refractivity contribution is -0.122. The second kappa shape index (κ2) is 12.4. The van der Waals surface area contributed by atoms with Gasteiger partial charge in [0.1, 0.15) is 6.79 Å². The van der Waals surface area contributed by atoms with Crippen LogP contribution < -0.4 is 5.73 Å². The molecule has 8 heteroatoms. The maximum Gasteiger partial charge on any atom is 0.220 e. The number of primary amides is 1. The maximum atomic E-state index is 13.6. The van der Waals surface area contributed by atoms with Gasteiger partial charge in [-0.2, -0.15) is 0 Å². The van der Waals surface area contributed by atoms with Gasteiger partial charge in [0.2, 0.25) is 15.9 Å². The molecule has 1 aliphatic heterocycles. The number of unbranched alkanes of at least 4 members (excludes halogenated alkanes) is 1. The number of piperidine rings is 1. The van der Waals surface area contributed by atoms with E-state index < -0.39 is 27.1 Å². The molecule has 2 rings (SSSR count). The molecule has 7 nitrogen and oxygen atoms in total. The van der Waals surface area contributed by atoms with E-state index in [4.69, 9.17) is 15.2 Å². The molecule has 1 heterocycles. The van der Waals surface area contributed by atoms with Crippen molar-refractivity contribution in [2.45, 2.75) is 63.2 Å². The number of hydrogen-bond donors (Lipinski definition) is 1. The number of nitrogens with zero attached hydrogens (tertiary/aromatic N) is 1. The van der Waals surface area contributed by atoms with Crippen LogP contribution in [0.3, 0.4) is 0 Å². The third-order valence-electron chi connectivity index (χ3n) is 5.77. The number of rotatable bonds is 13. The van der Waals surface area contributed by atoms with Crippen LogP contribution in [0.15, 0.2) is 30.3 Å². The largest absolute Gasteiger partial charge is 0.369 e. The Morgan fingerprint density at radius 3 is 2.47 bits per heavy atom. The number of hydrogen-bond acceptors (Lipinski definition) is 5. The average molecular weight is 441 g/mol. The first-order valence-electron chi connectivity index (χ1n) is 10.8. The van der Waals surface area contributed by atoms with Gasteiger partial charge in [0, 0.05) is 26.1 Å². The van der Waals surface area contributed by atoms with Gasteiger partial charge in [0.15, 0.2) is 0 Å². The summed E-state index contributed by atoms with van der Waals surface area (Å²) in [5.41, 5.74) is 6.58. The fourth-order valence-electron chi connectivity index (χ4n) is 3.96. The van der Waals surface area contributed by atoms with Gasteiger partial charge in [-0.05, 0) is 37.7 Å². The van der Waals surface area contributed by atoms with Crippen LogP contribution in [0.4, 0.5) is 0 Å². The van der Waals surface area contributed by atoms with Crippen molar-refractivity contribution >= 4 is 15.9 Å². The molecule has 2 N–H and O–H groups in total. The van der Waals surface area contributed by atoms with E-state index in [9.17, 15) is 13.2 Å². The van der Waals surface area contributed by atoms with Gasteiger partial charge in [-0.1, -0.05) is 50.1 Å². The first-order chi connectivity index (χ1) is 14.4. The van der Waals surface area contributed by atoms with Gasteiger partial charge in [-0.25, -0.2) is 12.7 Å². The summed E-state index contributed by atoms with van der Waals surface area (Å²) >= 11 is 0. The normalized spacial score (nSPS) is 18.2. The summed E-state index contributed by atoms with van der Waals surface area (Å²) in [6.07, 6.45) is 4.33. The molecule has 30 heavy (non-hydrogen) atoms. The van der Waals surface area contributed by atoms with Crippen LogP contribution in [0.25, 0.3) is 0 Å². The zero-order valence-electron chi connectivity index (χ0n) is 18.2. The van der Waals surface area contributed by atoms with E-state index in [0.29, 0.717) is 38.8 Å². The summed E-state index contributed by atoms with van der Waals surface area (Å²) < 4.78 is 39.2. The molecule has 0 saturated carbocycles. The standard InChI is InChI=1S/C22H36N2O5S/c1-3-4-10-19(22(23)25)16-21(15-18-8-6-5-7-9-18)30(26,27)24-13-11-20(12-14-24)29-17-28-2/h5-9,19-21H,3-4,10-17H2,1-2H3,(H2,23,25). The van der Waals surface area contributed by atoms with E-state index >= 15 is 0 Å². The van der Waals surface area contributed by atoms with Gasteiger partial charge in [-0.15, -0.1) is 0 Å². The summed E-state index contributed by atoms with van der Waals surface area (Å²) in [7, 11) is -2.01. The number of carbonyl (C=O) groups is 1.